The van der Waals surface area contributed by atoms with Gasteiger partial charge in [0.15, 0.2) is 5.82 Å². The summed E-state index contributed by atoms with van der Waals surface area (Å²) in [7, 11) is -5.42. The second kappa shape index (κ2) is 3.97. The Morgan fingerprint density at radius 3 is 2.47 bits per heavy atom. The summed E-state index contributed by atoms with van der Waals surface area (Å²) in [6.07, 6.45) is 1.17. The third-order valence-corrected chi connectivity index (χ3v) is 3.01. The fourth-order valence-electron chi connectivity index (χ4n) is 0.646. The van der Waals surface area contributed by atoms with Crippen LogP contribution >= 0.6 is 15.9 Å². The zero-order valence-electron chi connectivity index (χ0n) is 6.92. The molecule has 1 aromatic heterocycles. The van der Waals surface area contributed by atoms with Crippen LogP contribution in [0.25, 0.3) is 0 Å². The predicted octanol–water partition coefficient (Wildman–Crippen LogP) is 2.11. The highest BCUT2D eigenvalue weighted by atomic mass is 79.9. The highest BCUT2D eigenvalue weighted by Gasteiger charge is 2.46. The van der Waals surface area contributed by atoms with Gasteiger partial charge >= 0.3 is 15.5 Å². The molecule has 0 aliphatic heterocycles. The van der Waals surface area contributed by atoms with Gasteiger partial charge in [-0.25, -0.2) is 4.98 Å². The fourth-order valence-corrected chi connectivity index (χ4v) is 1.66. The third kappa shape index (κ3) is 2.81. The number of hydrogen-bond acceptors (Lipinski definition) is 3. The molecule has 0 spiro atoms. The molecule has 0 atom stereocenters. The van der Waals surface area contributed by atoms with Crippen molar-refractivity contribution < 1.29 is 21.6 Å². The minimum absolute atomic E-state index is 0.123. The first-order valence-corrected chi connectivity index (χ1v) is 5.71. The maximum Gasteiger partial charge on any atom is 0.516 e. The van der Waals surface area contributed by atoms with Crippen LogP contribution in [0.15, 0.2) is 22.8 Å². The van der Waals surface area contributed by atoms with Gasteiger partial charge < -0.3 is 0 Å². The van der Waals surface area contributed by atoms with E-state index >= 15 is 0 Å². The molecule has 15 heavy (non-hydrogen) atoms. The van der Waals surface area contributed by atoms with Gasteiger partial charge in [0.1, 0.15) is 0 Å². The minimum Gasteiger partial charge on any atom is -0.259 e. The van der Waals surface area contributed by atoms with E-state index in [1.54, 1.807) is 0 Å². The van der Waals surface area contributed by atoms with Crippen molar-refractivity contribution in [2.24, 2.45) is 0 Å². The molecule has 0 amide bonds. The molecule has 0 saturated heterocycles. The Labute approximate surface area is 91.7 Å². The summed E-state index contributed by atoms with van der Waals surface area (Å²) in [6.45, 7) is 0. The Hall–Kier alpha value is -0.830. The summed E-state index contributed by atoms with van der Waals surface area (Å²) < 4.78 is 58.7. The number of hydrogen-bond donors (Lipinski definition) is 1. The smallest absolute Gasteiger partial charge is 0.259 e. The lowest BCUT2D eigenvalue weighted by atomic mass is 10.5. The molecule has 84 valence electrons. The van der Waals surface area contributed by atoms with Crippen LogP contribution in [-0.2, 0) is 10.0 Å². The lowest BCUT2D eigenvalue weighted by molar-refractivity contribution is -0.0429. The molecule has 0 unspecified atom stereocenters. The Bertz CT molecular complexity index is 460. The maximum absolute atomic E-state index is 12.0. The van der Waals surface area contributed by atoms with E-state index in [9.17, 15) is 21.6 Å². The van der Waals surface area contributed by atoms with Gasteiger partial charge in [0, 0.05) is 6.20 Å². The van der Waals surface area contributed by atoms with Crippen LogP contribution in [0.1, 0.15) is 0 Å². The van der Waals surface area contributed by atoms with E-state index < -0.39 is 21.3 Å². The van der Waals surface area contributed by atoms with Crippen LogP contribution in [0.4, 0.5) is 19.0 Å². The summed E-state index contributed by atoms with van der Waals surface area (Å²) >= 11 is 2.86. The second-order valence-electron chi connectivity index (χ2n) is 2.39. The monoisotopic (exact) mass is 304 g/mol. The second-order valence-corrected chi connectivity index (χ2v) is 4.91. The van der Waals surface area contributed by atoms with Gasteiger partial charge in [-0.2, -0.15) is 21.6 Å². The lowest BCUT2D eigenvalue weighted by Gasteiger charge is -2.10. The molecule has 0 bridgehead atoms. The van der Waals surface area contributed by atoms with Crippen LogP contribution in [0, 0.1) is 0 Å². The highest BCUT2D eigenvalue weighted by Crippen LogP contribution is 2.27. The van der Waals surface area contributed by atoms with Crippen LogP contribution in [0.2, 0.25) is 0 Å². The summed E-state index contributed by atoms with van der Waals surface area (Å²) in [5.41, 5.74) is -5.36. The van der Waals surface area contributed by atoms with Crippen molar-refractivity contribution in [2.45, 2.75) is 5.51 Å². The van der Waals surface area contributed by atoms with Gasteiger partial charge in [-0.15, -0.1) is 0 Å². The molecule has 0 fully saturated rings. The summed E-state index contributed by atoms with van der Waals surface area (Å²) in [5, 5.41) is 0. The Morgan fingerprint density at radius 2 is 2.00 bits per heavy atom. The first kappa shape index (κ1) is 12.2. The van der Waals surface area contributed by atoms with Gasteiger partial charge in [-0.1, -0.05) is 0 Å². The van der Waals surface area contributed by atoms with Crippen molar-refractivity contribution in [1.82, 2.24) is 4.98 Å². The molecular weight excluding hydrogens is 301 g/mol. The van der Waals surface area contributed by atoms with Crippen molar-refractivity contribution in [3.63, 3.8) is 0 Å². The van der Waals surface area contributed by atoms with E-state index in [1.807, 2.05) is 0 Å². The average molecular weight is 305 g/mol. The number of aromatic nitrogens is 1. The summed E-state index contributed by atoms with van der Waals surface area (Å²) in [6, 6.07) is 2.80. The largest absolute Gasteiger partial charge is 0.516 e. The Kier molecular flexibility index (Phi) is 3.24. The summed E-state index contributed by atoms with van der Waals surface area (Å²) in [4.78, 5) is 3.44. The minimum atomic E-state index is -5.42. The van der Waals surface area contributed by atoms with Crippen molar-refractivity contribution >= 4 is 31.8 Å². The number of rotatable bonds is 2. The van der Waals surface area contributed by atoms with E-state index in [2.05, 4.69) is 20.9 Å². The topological polar surface area (TPSA) is 59.1 Å². The molecule has 1 rings (SSSR count). The van der Waals surface area contributed by atoms with Gasteiger partial charge in [0.25, 0.3) is 0 Å². The van der Waals surface area contributed by atoms with Gasteiger partial charge in [-0.3, -0.25) is 4.72 Å². The highest BCUT2D eigenvalue weighted by molar-refractivity contribution is 9.10. The standard InChI is InChI=1S/C6H4BrF3N2O2S/c7-4-2-1-3-11-5(4)12-15(13,14)6(8,9)10/h1-3H,(H,11,12). The predicted molar refractivity (Wildman–Crippen MR) is 50.5 cm³/mol. The molecule has 0 aliphatic rings. The molecule has 1 aromatic rings. The van der Waals surface area contributed by atoms with Crippen LogP contribution in [0.3, 0.4) is 0 Å². The maximum atomic E-state index is 12.0. The molecule has 1 N–H and O–H groups in total. The van der Waals surface area contributed by atoms with E-state index in [0.717, 1.165) is 0 Å². The molecule has 4 nitrogen and oxygen atoms in total. The van der Waals surface area contributed by atoms with Crippen LogP contribution in [0.5, 0.6) is 0 Å². The first-order chi connectivity index (χ1) is 6.74. The number of alkyl halides is 3. The van der Waals surface area contributed by atoms with E-state index in [1.165, 1.54) is 23.1 Å². The molecule has 9 heteroatoms. The van der Waals surface area contributed by atoms with Crippen molar-refractivity contribution in [3.8, 4) is 0 Å². The quantitative estimate of drug-likeness (QED) is 0.910. The number of sulfonamides is 1. The van der Waals surface area contributed by atoms with Gasteiger partial charge in [-0.05, 0) is 28.1 Å². The Balaban J connectivity index is 3.03. The molecule has 1 heterocycles. The van der Waals surface area contributed by atoms with Crippen molar-refractivity contribution in [1.29, 1.82) is 0 Å². The molecule has 0 aromatic carbocycles. The lowest BCUT2D eigenvalue weighted by Crippen LogP contribution is -2.30. The SMILES string of the molecule is O=S(=O)(Nc1ncccc1Br)C(F)(F)F. The van der Waals surface area contributed by atoms with Crippen LogP contribution in [-0.4, -0.2) is 18.9 Å². The number of anilines is 1. The Morgan fingerprint density at radius 1 is 1.40 bits per heavy atom. The first-order valence-electron chi connectivity index (χ1n) is 3.43. The molecule has 0 saturated carbocycles. The van der Waals surface area contributed by atoms with Gasteiger partial charge in [0.05, 0.1) is 4.47 Å². The third-order valence-electron chi connectivity index (χ3n) is 1.29. The van der Waals surface area contributed by atoms with Gasteiger partial charge in [0.2, 0.25) is 0 Å². The molecule has 0 aliphatic carbocycles. The summed E-state index contributed by atoms with van der Waals surface area (Å²) in [5.74, 6) is -0.408. The zero-order valence-corrected chi connectivity index (χ0v) is 9.32. The zero-order chi connectivity index (χ0) is 11.7. The molecular formula is C6H4BrF3N2O2S. The number of pyridine rings is 1. The van der Waals surface area contributed by atoms with Crippen molar-refractivity contribution in [3.05, 3.63) is 22.8 Å². The average Bonchev–Trinajstić information content (AvgIpc) is 2.06. The van der Waals surface area contributed by atoms with Crippen LogP contribution < -0.4 is 4.72 Å². The van der Waals surface area contributed by atoms with E-state index in [4.69, 9.17) is 0 Å². The van der Waals surface area contributed by atoms with E-state index in [0.29, 0.717) is 0 Å². The van der Waals surface area contributed by atoms with E-state index in [-0.39, 0.29) is 4.47 Å². The fraction of sp³-hybridized carbons (Fsp3) is 0.167. The number of nitrogens with one attached hydrogen (secondary N) is 1. The molecule has 0 radical (unpaired) electrons. The van der Waals surface area contributed by atoms with Crippen molar-refractivity contribution in [2.75, 3.05) is 4.72 Å². The number of halogens is 4. The number of nitrogens with zero attached hydrogens (tertiary/aromatic N) is 1. The normalized spacial score (nSPS) is 12.5.